The SMILES string of the molecule is COc1ccc([C@@H]2C[C@@H](C(F)(F)F)n3nc(C(=O)N4CCN5CCC[C@@H]5C4)cc3N2)cc1OC. The van der Waals surface area contributed by atoms with Gasteiger partial charge in [-0.25, -0.2) is 4.68 Å². The Balaban J connectivity index is 1.42. The molecule has 0 saturated carbocycles. The number of benzene rings is 1. The van der Waals surface area contributed by atoms with E-state index in [9.17, 15) is 18.0 Å². The highest BCUT2D eigenvalue weighted by molar-refractivity contribution is 5.93. The lowest BCUT2D eigenvalue weighted by Crippen LogP contribution is -2.52. The molecule has 184 valence electrons. The zero-order valence-electron chi connectivity index (χ0n) is 19.1. The van der Waals surface area contributed by atoms with Crippen LogP contribution in [0.2, 0.25) is 0 Å². The van der Waals surface area contributed by atoms with Gasteiger partial charge in [0.05, 0.1) is 20.3 Å². The van der Waals surface area contributed by atoms with Crippen LogP contribution in [0.3, 0.4) is 0 Å². The molecule has 1 aromatic heterocycles. The fourth-order valence-corrected chi connectivity index (χ4v) is 5.30. The highest BCUT2D eigenvalue weighted by Gasteiger charge is 2.47. The van der Waals surface area contributed by atoms with Crippen molar-refractivity contribution in [2.75, 3.05) is 45.7 Å². The quantitative estimate of drug-likeness (QED) is 0.724. The molecule has 0 radical (unpaired) electrons. The van der Waals surface area contributed by atoms with Gasteiger partial charge in [0.1, 0.15) is 5.82 Å². The molecule has 8 nitrogen and oxygen atoms in total. The van der Waals surface area contributed by atoms with Gasteiger partial charge in [0.2, 0.25) is 0 Å². The van der Waals surface area contributed by atoms with Gasteiger partial charge in [0.25, 0.3) is 5.91 Å². The maximum absolute atomic E-state index is 14.1. The molecule has 3 atom stereocenters. The van der Waals surface area contributed by atoms with Crippen molar-refractivity contribution < 1.29 is 27.4 Å². The van der Waals surface area contributed by atoms with Crippen LogP contribution in [0.25, 0.3) is 0 Å². The average molecular weight is 480 g/mol. The standard InChI is InChI=1S/C23H28F3N5O3/c1-33-18-6-5-14(10-19(18)34-2)16-11-20(23(24,25)26)31-21(27-16)12-17(28-31)22(32)30-9-8-29-7-3-4-15(29)13-30/h5-6,10,12,15-16,20,27H,3-4,7-9,11,13H2,1-2H3/t15-,16+,20+/m1/s1. The van der Waals surface area contributed by atoms with Gasteiger partial charge in [-0.05, 0) is 37.1 Å². The van der Waals surface area contributed by atoms with Crippen LogP contribution in [0.5, 0.6) is 11.5 Å². The van der Waals surface area contributed by atoms with Gasteiger partial charge in [-0.1, -0.05) is 6.07 Å². The second kappa shape index (κ2) is 8.68. The van der Waals surface area contributed by atoms with Crippen LogP contribution in [0.4, 0.5) is 19.0 Å². The average Bonchev–Trinajstić information content (AvgIpc) is 3.48. The number of carbonyl (C=O) groups is 1. The Morgan fingerprint density at radius 3 is 2.65 bits per heavy atom. The zero-order valence-corrected chi connectivity index (χ0v) is 19.1. The number of carbonyl (C=O) groups excluding carboxylic acids is 1. The number of piperazine rings is 1. The topological polar surface area (TPSA) is 71.9 Å². The van der Waals surface area contributed by atoms with Crippen molar-refractivity contribution in [3.8, 4) is 11.5 Å². The number of halogens is 3. The minimum Gasteiger partial charge on any atom is -0.493 e. The predicted octanol–water partition coefficient (Wildman–Crippen LogP) is 3.48. The van der Waals surface area contributed by atoms with E-state index in [0.717, 1.165) is 30.6 Å². The third-order valence-corrected chi connectivity index (χ3v) is 7.09. The van der Waals surface area contributed by atoms with E-state index in [0.29, 0.717) is 36.2 Å². The van der Waals surface area contributed by atoms with Crippen molar-refractivity contribution in [2.45, 2.75) is 43.6 Å². The maximum Gasteiger partial charge on any atom is 0.410 e. The van der Waals surface area contributed by atoms with E-state index in [1.54, 1.807) is 23.1 Å². The van der Waals surface area contributed by atoms with E-state index < -0.39 is 18.3 Å². The van der Waals surface area contributed by atoms with E-state index in [4.69, 9.17) is 9.47 Å². The van der Waals surface area contributed by atoms with E-state index in [2.05, 4.69) is 15.3 Å². The smallest absolute Gasteiger partial charge is 0.410 e. The molecule has 0 aliphatic carbocycles. The molecule has 11 heteroatoms. The zero-order chi connectivity index (χ0) is 24.0. The fraction of sp³-hybridized carbons (Fsp3) is 0.565. The lowest BCUT2D eigenvalue weighted by atomic mass is 9.96. The lowest BCUT2D eigenvalue weighted by Gasteiger charge is -2.37. The highest BCUT2D eigenvalue weighted by Crippen LogP contribution is 2.44. The summed E-state index contributed by atoms with van der Waals surface area (Å²) < 4.78 is 53.6. The molecule has 2 fully saturated rings. The number of fused-ring (bicyclic) bond motifs is 2. The second-order valence-electron chi connectivity index (χ2n) is 9.05. The Hall–Kier alpha value is -2.95. The molecule has 0 bridgehead atoms. The number of anilines is 1. The molecule has 0 spiro atoms. The molecule has 3 aliphatic heterocycles. The van der Waals surface area contributed by atoms with Crippen molar-refractivity contribution >= 4 is 11.7 Å². The summed E-state index contributed by atoms with van der Waals surface area (Å²) in [5.74, 6) is 0.788. The number of rotatable bonds is 4. The molecular formula is C23H28F3N5O3. The Morgan fingerprint density at radius 2 is 1.91 bits per heavy atom. The lowest BCUT2D eigenvalue weighted by molar-refractivity contribution is -0.173. The fourth-order valence-electron chi connectivity index (χ4n) is 5.30. The van der Waals surface area contributed by atoms with E-state index >= 15 is 0 Å². The predicted molar refractivity (Wildman–Crippen MR) is 118 cm³/mol. The molecule has 0 unspecified atom stereocenters. The van der Waals surface area contributed by atoms with Crippen molar-refractivity contribution in [1.82, 2.24) is 19.6 Å². The van der Waals surface area contributed by atoms with Crippen LogP contribution in [0, 0.1) is 0 Å². The molecule has 1 aromatic carbocycles. The third kappa shape index (κ3) is 4.06. The summed E-state index contributed by atoms with van der Waals surface area (Å²) in [5.41, 5.74) is 0.667. The summed E-state index contributed by atoms with van der Waals surface area (Å²) in [4.78, 5) is 17.2. The molecule has 34 heavy (non-hydrogen) atoms. The van der Waals surface area contributed by atoms with Gasteiger partial charge in [-0.15, -0.1) is 0 Å². The van der Waals surface area contributed by atoms with Gasteiger partial charge in [-0.3, -0.25) is 9.69 Å². The first kappa shape index (κ1) is 22.8. The summed E-state index contributed by atoms with van der Waals surface area (Å²) in [5, 5.41) is 7.28. The normalized spacial score (nSPS) is 24.9. The van der Waals surface area contributed by atoms with Crippen LogP contribution in [-0.4, -0.2) is 78.1 Å². The van der Waals surface area contributed by atoms with Crippen LogP contribution >= 0.6 is 0 Å². The number of ether oxygens (including phenoxy) is 2. The van der Waals surface area contributed by atoms with Crippen LogP contribution in [0.1, 0.15) is 47.4 Å². The number of nitrogens with one attached hydrogen (secondary N) is 1. The van der Waals surface area contributed by atoms with Crippen LogP contribution in [-0.2, 0) is 0 Å². The number of amides is 1. The van der Waals surface area contributed by atoms with Crippen molar-refractivity contribution in [3.63, 3.8) is 0 Å². The molecule has 5 rings (SSSR count). The summed E-state index contributed by atoms with van der Waals surface area (Å²) in [7, 11) is 2.98. The first-order valence-electron chi connectivity index (χ1n) is 11.5. The minimum absolute atomic E-state index is 0.0381. The van der Waals surface area contributed by atoms with Gasteiger partial charge in [-0.2, -0.15) is 18.3 Å². The number of hydrogen-bond acceptors (Lipinski definition) is 6. The van der Waals surface area contributed by atoms with Crippen molar-refractivity contribution in [3.05, 3.63) is 35.5 Å². The maximum atomic E-state index is 14.1. The molecule has 1 amide bonds. The van der Waals surface area contributed by atoms with Crippen molar-refractivity contribution in [1.29, 1.82) is 0 Å². The van der Waals surface area contributed by atoms with Crippen LogP contribution < -0.4 is 14.8 Å². The first-order chi connectivity index (χ1) is 16.3. The Kier molecular flexibility index (Phi) is 5.83. The monoisotopic (exact) mass is 479 g/mol. The molecule has 1 N–H and O–H groups in total. The Labute approximate surface area is 195 Å². The van der Waals surface area contributed by atoms with E-state index in [1.165, 1.54) is 20.3 Å². The van der Waals surface area contributed by atoms with Crippen LogP contribution in [0.15, 0.2) is 24.3 Å². The van der Waals surface area contributed by atoms with E-state index in [-0.39, 0.29) is 23.8 Å². The number of aromatic nitrogens is 2. The molecule has 2 saturated heterocycles. The van der Waals surface area contributed by atoms with Crippen molar-refractivity contribution in [2.24, 2.45) is 0 Å². The number of methoxy groups -OCH3 is 2. The third-order valence-electron chi connectivity index (χ3n) is 7.09. The second-order valence-corrected chi connectivity index (χ2v) is 9.05. The highest BCUT2D eigenvalue weighted by atomic mass is 19.4. The first-order valence-corrected chi connectivity index (χ1v) is 11.5. The number of nitrogens with zero attached hydrogens (tertiary/aromatic N) is 4. The van der Waals surface area contributed by atoms with Gasteiger partial charge in [0, 0.05) is 38.2 Å². The Bertz CT molecular complexity index is 1070. The van der Waals surface area contributed by atoms with Gasteiger partial charge >= 0.3 is 6.18 Å². The van der Waals surface area contributed by atoms with Gasteiger partial charge in [0.15, 0.2) is 23.2 Å². The molecular weight excluding hydrogens is 451 g/mol. The minimum atomic E-state index is -4.52. The number of hydrogen-bond donors (Lipinski definition) is 1. The molecule has 3 aliphatic rings. The summed E-state index contributed by atoms with van der Waals surface area (Å²) in [6.45, 7) is 2.97. The van der Waals surface area contributed by atoms with E-state index in [1.807, 2.05) is 0 Å². The Morgan fingerprint density at radius 1 is 1.12 bits per heavy atom. The van der Waals surface area contributed by atoms with Gasteiger partial charge < -0.3 is 19.7 Å². The summed E-state index contributed by atoms with van der Waals surface area (Å²) in [6, 6.07) is 4.33. The number of alkyl halides is 3. The largest absolute Gasteiger partial charge is 0.493 e. The summed E-state index contributed by atoms with van der Waals surface area (Å²) in [6.07, 6.45) is -2.64. The summed E-state index contributed by atoms with van der Waals surface area (Å²) >= 11 is 0. The molecule has 4 heterocycles. The molecule has 2 aromatic rings.